The van der Waals surface area contributed by atoms with Crippen molar-refractivity contribution in [1.82, 2.24) is 24.8 Å². The Bertz CT molecular complexity index is 1560. The summed E-state index contributed by atoms with van der Waals surface area (Å²) in [5.41, 5.74) is 8.90. The monoisotopic (exact) mass is 506 g/mol. The number of anilines is 3. The van der Waals surface area contributed by atoms with E-state index in [4.69, 9.17) is 4.98 Å². The number of carbonyl (C=O) groups is 1. The highest BCUT2D eigenvalue weighted by Gasteiger charge is 2.29. The molecule has 0 radical (unpaired) electrons. The SMILES string of the molecule is CN1CCN(c2cncc3[nH]c(C4=CCNc5ccc(-c6cncc(NC(=O)C7CC7)c6)cc54)nc23)CC1. The average Bonchev–Trinajstić information content (AvgIpc) is 3.71. The lowest BCUT2D eigenvalue weighted by molar-refractivity contribution is -0.117. The molecule has 0 bridgehead atoms. The summed E-state index contributed by atoms with van der Waals surface area (Å²) in [6, 6.07) is 8.35. The van der Waals surface area contributed by atoms with E-state index < -0.39 is 0 Å². The summed E-state index contributed by atoms with van der Waals surface area (Å²) in [5, 5.41) is 6.49. The number of likely N-dealkylation sites (N-methyl/N-ethyl adjacent to an activating group) is 1. The number of imidazole rings is 1. The van der Waals surface area contributed by atoms with Gasteiger partial charge in [-0.2, -0.15) is 0 Å². The Morgan fingerprint density at radius 3 is 2.68 bits per heavy atom. The van der Waals surface area contributed by atoms with Crippen molar-refractivity contribution in [3.05, 3.63) is 66.5 Å². The van der Waals surface area contributed by atoms with Gasteiger partial charge >= 0.3 is 0 Å². The molecule has 3 aromatic heterocycles. The molecule has 192 valence electrons. The molecule has 0 spiro atoms. The van der Waals surface area contributed by atoms with Crippen LogP contribution in [0.15, 0.2) is 55.1 Å². The van der Waals surface area contributed by atoms with Crippen molar-refractivity contribution in [3.63, 3.8) is 0 Å². The van der Waals surface area contributed by atoms with Crippen LogP contribution in [-0.2, 0) is 4.79 Å². The molecule has 0 atom stereocenters. The Morgan fingerprint density at radius 1 is 1.00 bits per heavy atom. The second kappa shape index (κ2) is 9.25. The number of nitrogens with zero attached hydrogens (tertiary/aromatic N) is 5. The molecular weight excluding hydrogens is 476 g/mol. The minimum absolute atomic E-state index is 0.0825. The standard InChI is InChI=1S/C29H30N8O/c1-36-8-10-37(11-9-36)26-17-31-16-25-27(26)35-28(34-25)22-6-7-32-24-5-4-19(13-23(22)24)20-12-21(15-30-14-20)33-29(38)18-2-3-18/h4-6,12-18,32H,2-3,7-11H2,1H3,(H,33,38)(H,34,35). The topological polar surface area (TPSA) is 102 Å². The van der Waals surface area contributed by atoms with E-state index in [1.54, 1.807) is 6.20 Å². The van der Waals surface area contributed by atoms with Gasteiger partial charge in [-0.05, 0) is 43.7 Å². The van der Waals surface area contributed by atoms with Crippen LogP contribution in [0.2, 0.25) is 0 Å². The molecule has 2 aliphatic heterocycles. The van der Waals surface area contributed by atoms with Crippen LogP contribution in [0.1, 0.15) is 24.2 Å². The number of H-pyrrole nitrogens is 1. The number of amides is 1. The van der Waals surface area contributed by atoms with Gasteiger partial charge in [0.2, 0.25) is 5.91 Å². The third kappa shape index (κ3) is 4.28. The van der Waals surface area contributed by atoms with Crippen LogP contribution in [0.3, 0.4) is 0 Å². The van der Waals surface area contributed by atoms with E-state index in [0.29, 0.717) is 0 Å². The summed E-state index contributed by atoms with van der Waals surface area (Å²) >= 11 is 0. The van der Waals surface area contributed by atoms with Gasteiger partial charge < -0.3 is 25.4 Å². The summed E-state index contributed by atoms with van der Waals surface area (Å²) in [6.45, 7) is 4.72. The minimum Gasteiger partial charge on any atom is -0.381 e. The van der Waals surface area contributed by atoms with E-state index in [1.165, 1.54) is 0 Å². The Labute approximate surface area is 221 Å². The van der Waals surface area contributed by atoms with E-state index in [0.717, 1.165) is 102 Å². The van der Waals surface area contributed by atoms with Crippen LogP contribution < -0.4 is 15.5 Å². The number of hydrogen-bond donors (Lipinski definition) is 3. The van der Waals surface area contributed by atoms with Gasteiger partial charge in [0.1, 0.15) is 11.3 Å². The lowest BCUT2D eigenvalue weighted by atomic mass is 9.95. The van der Waals surface area contributed by atoms with E-state index in [9.17, 15) is 4.79 Å². The second-order valence-corrected chi connectivity index (χ2v) is 10.4. The van der Waals surface area contributed by atoms with Crippen molar-refractivity contribution in [2.45, 2.75) is 12.8 Å². The molecule has 9 heteroatoms. The van der Waals surface area contributed by atoms with Gasteiger partial charge in [0.25, 0.3) is 0 Å². The van der Waals surface area contributed by atoms with Gasteiger partial charge in [0, 0.05) is 67.2 Å². The first-order chi connectivity index (χ1) is 18.6. The smallest absolute Gasteiger partial charge is 0.227 e. The van der Waals surface area contributed by atoms with Crippen molar-refractivity contribution in [2.75, 3.05) is 55.3 Å². The number of benzene rings is 1. The van der Waals surface area contributed by atoms with Crippen molar-refractivity contribution in [2.24, 2.45) is 5.92 Å². The van der Waals surface area contributed by atoms with E-state index in [2.05, 4.69) is 66.7 Å². The van der Waals surface area contributed by atoms with Crippen molar-refractivity contribution in [3.8, 4) is 11.1 Å². The summed E-state index contributed by atoms with van der Waals surface area (Å²) < 4.78 is 0. The molecule has 1 aromatic carbocycles. The van der Waals surface area contributed by atoms with Crippen LogP contribution in [0.5, 0.6) is 0 Å². The zero-order chi connectivity index (χ0) is 25.6. The molecule has 5 heterocycles. The number of pyridine rings is 2. The molecular formula is C29H30N8O. The van der Waals surface area contributed by atoms with E-state index in [1.807, 2.05) is 24.7 Å². The maximum absolute atomic E-state index is 12.3. The van der Waals surface area contributed by atoms with Gasteiger partial charge in [-0.15, -0.1) is 0 Å². The summed E-state index contributed by atoms with van der Waals surface area (Å²) in [6.07, 6.45) is 11.5. The molecule has 9 nitrogen and oxygen atoms in total. The normalized spacial score (nSPS) is 17.6. The molecule has 4 aromatic rings. The van der Waals surface area contributed by atoms with E-state index in [-0.39, 0.29) is 11.8 Å². The van der Waals surface area contributed by atoms with Crippen molar-refractivity contribution in [1.29, 1.82) is 0 Å². The average molecular weight is 507 g/mol. The number of aromatic amines is 1. The van der Waals surface area contributed by atoms with Gasteiger partial charge in [-0.3, -0.25) is 14.8 Å². The fourth-order valence-corrected chi connectivity index (χ4v) is 5.28. The Hall–Kier alpha value is -4.24. The second-order valence-electron chi connectivity index (χ2n) is 10.4. The van der Waals surface area contributed by atoms with Crippen LogP contribution in [-0.4, -0.2) is 70.5 Å². The lowest BCUT2D eigenvalue weighted by Gasteiger charge is -2.33. The molecule has 7 rings (SSSR count). The maximum Gasteiger partial charge on any atom is 0.227 e. The fraction of sp³-hybridized carbons (Fsp3) is 0.310. The summed E-state index contributed by atoms with van der Waals surface area (Å²) in [5.74, 6) is 1.07. The molecule has 2 fully saturated rings. The quantitative estimate of drug-likeness (QED) is 0.376. The Balaban J connectivity index is 1.22. The number of piperazine rings is 1. The molecule has 1 amide bonds. The zero-order valence-electron chi connectivity index (χ0n) is 21.4. The highest BCUT2D eigenvalue weighted by molar-refractivity contribution is 5.96. The molecule has 1 saturated heterocycles. The molecule has 38 heavy (non-hydrogen) atoms. The largest absolute Gasteiger partial charge is 0.381 e. The van der Waals surface area contributed by atoms with E-state index >= 15 is 0 Å². The van der Waals surface area contributed by atoms with Gasteiger partial charge in [-0.25, -0.2) is 4.98 Å². The number of nitrogens with one attached hydrogen (secondary N) is 3. The Morgan fingerprint density at radius 2 is 1.84 bits per heavy atom. The van der Waals surface area contributed by atoms with Gasteiger partial charge in [-0.1, -0.05) is 12.1 Å². The Kier molecular flexibility index (Phi) is 5.58. The number of carbonyl (C=O) groups excluding carboxylic acids is 1. The first kappa shape index (κ1) is 22.9. The molecule has 3 aliphatic rings. The van der Waals surface area contributed by atoms with Crippen LogP contribution in [0.25, 0.3) is 27.7 Å². The first-order valence-corrected chi connectivity index (χ1v) is 13.2. The van der Waals surface area contributed by atoms with Gasteiger partial charge in [0.05, 0.1) is 35.5 Å². The predicted molar refractivity (Wildman–Crippen MR) is 150 cm³/mol. The predicted octanol–water partition coefficient (Wildman–Crippen LogP) is 3.98. The summed E-state index contributed by atoms with van der Waals surface area (Å²) in [7, 11) is 2.16. The number of hydrogen-bond acceptors (Lipinski definition) is 7. The molecule has 3 N–H and O–H groups in total. The number of rotatable bonds is 5. The molecule has 1 aliphatic carbocycles. The summed E-state index contributed by atoms with van der Waals surface area (Å²) in [4.78, 5) is 34.5. The third-order valence-electron chi connectivity index (χ3n) is 7.67. The van der Waals surface area contributed by atoms with Crippen LogP contribution in [0, 0.1) is 5.92 Å². The highest BCUT2D eigenvalue weighted by atomic mass is 16.2. The van der Waals surface area contributed by atoms with Gasteiger partial charge in [0.15, 0.2) is 0 Å². The number of fused-ring (bicyclic) bond motifs is 2. The highest BCUT2D eigenvalue weighted by Crippen LogP contribution is 2.37. The molecule has 1 saturated carbocycles. The zero-order valence-corrected chi connectivity index (χ0v) is 21.4. The third-order valence-corrected chi connectivity index (χ3v) is 7.67. The van der Waals surface area contributed by atoms with Crippen LogP contribution in [0.4, 0.5) is 17.1 Å². The number of aromatic nitrogens is 4. The van der Waals surface area contributed by atoms with Crippen molar-refractivity contribution >= 4 is 39.6 Å². The first-order valence-electron chi connectivity index (χ1n) is 13.2. The fourth-order valence-electron chi connectivity index (χ4n) is 5.28. The maximum atomic E-state index is 12.3. The van der Waals surface area contributed by atoms with Crippen LogP contribution >= 0.6 is 0 Å². The minimum atomic E-state index is 0.0825. The lowest BCUT2D eigenvalue weighted by Crippen LogP contribution is -2.44. The van der Waals surface area contributed by atoms with Crippen molar-refractivity contribution < 1.29 is 4.79 Å². The molecule has 0 unspecified atom stereocenters.